The third kappa shape index (κ3) is 5.92. The summed E-state index contributed by atoms with van der Waals surface area (Å²) in [6.07, 6.45) is 0. The highest BCUT2D eigenvalue weighted by atomic mass is 32.2. The van der Waals surface area contributed by atoms with Crippen molar-refractivity contribution in [3.05, 3.63) is 82.9 Å². The standard InChI is InChI=1S/C32H41O6SSi/c1-30(2,3)23-11-15-26(28(17-23)38-40(7)8)32(33)27-16-14-25(37-21-35-6)18-29(27)39-19-31(32,4)22-9-12-24(13-10-22)36-20-34-5/h9-18,33H,19-21H2,1-8H3. The van der Waals surface area contributed by atoms with Crippen LogP contribution in [0.15, 0.2) is 65.6 Å². The molecule has 0 fully saturated rings. The van der Waals surface area contributed by atoms with Gasteiger partial charge >= 0.3 is 0 Å². The van der Waals surface area contributed by atoms with Gasteiger partial charge in [0.25, 0.3) is 9.04 Å². The Morgan fingerprint density at radius 2 is 1.45 bits per heavy atom. The molecule has 1 aliphatic heterocycles. The highest BCUT2D eigenvalue weighted by molar-refractivity contribution is 7.99. The molecule has 6 nitrogen and oxygen atoms in total. The topological polar surface area (TPSA) is 66.4 Å². The Kier molecular flexibility index (Phi) is 9.27. The molecule has 0 aliphatic carbocycles. The van der Waals surface area contributed by atoms with E-state index in [4.69, 9.17) is 23.4 Å². The van der Waals surface area contributed by atoms with Crippen LogP contribution in [0.25, 0.3) is 0 Å². The molecule has 0 bridgehead atoms. The third-order valence-corrected chi connectivity index (χ3v) is 9.39. The lowest BCUT2D eigenvalue weighted by Crippen LogP contribution is -2.52. The molecule has 215 valence electrons. The van der Waals surface area contributed by atoms with Gasteiger partial charge in [0.15, 0.2) is 13.6 Å². The number of benzene rings is 3. The normalized spacial score (nSPS) is 20.8. The van der Waals surface area contributed by atoms with Crippen molar-refractivity contribution >= 4 is 20.8 Å². The Hall–Kier alpha value is -2.49. The lowest BCUT2D eigenvalue weighted by Gasteiger charge is -2.50. The predicted molar refractivity (Wildman–Crippen MR) is 162 cm³/mol. The van der Waals surface area contributed by atoms with Crippen LogP contribution in [0.3, 0.4) is 0 Å². The summed E-state index contributed by atoms with van der Waals surface area (Å²) >= 11 is 1.71. The van der Waals surface area contributed by atoms with Gasteiger partial charge in [-0.2, -0.15) is 0 Å². The maximum atomic E-state index is 13.2. The molecule has 3 aromatic rings. The van der Waals surface area contributed by atoms with Crippen LogP contribution < -0.4 is 13.9 Å². The molecule has 1 N–H and O–H groups in total. The van der Waals surface area contributed by atoms with E-state index in [1.54, 1.807) is 26.0 Å². The number of rotatable bonds is 10. The molecule has 1 aliphatic rings. The Bertz CT molecular complexity index is 1310. The molecule has 1 radical (unpaired) electrons. The number of fused-ring (bicyclic) bond motifs is 1. The molecule has 8 heteroatoms. The lowest BCUT2D eigenvalue weighted by atomic mass is 9.63. The van der Waals surface area contributed by atoms with E-state index in [1.165, 1.54) is 0 Å². The fourth-order valence-electron chi connectivity index (χ4n) is 5.13. The van der Waals surface area contributed by atoms with Crippen LogP contribution in [-0.4, -0.2) is 47.7 Å². The Balaban J connectivity index is 1.94. The predicted octanol–water partition coefficient (Wildman–Crippen LogP) is 6.88. The van der Waals surface area contributed by atoms with Gasteiger partial charge in [0.2, 0.25) is 0 Å². The first-order valence-electron chi connectivity index (χ1n) is 13.4. The molecule has 1 heterocycles. The number of methoxy groups -OCH3 is 2. The number of ether oxygens (including phenoxy) is 4. The number of hydrogen-bond donors (Lipinski definition) is 1. The van der Waals surface area contributed by atoms with E-state index < -0.39 is 20.1 Å². The first kappa shape index (κ1) is 30.5. The average Bonchev–Trinajstić information content (AvgIpc) is 2.92. The summed E-state index contributed by atoms with van der Waals surface area (Å²) in [4.78, 5) is 0.970. The molecule has 0 saturated heterocycles. The van der Waals surface area contributed by atoms with Gasteiger partial charge in [-0.3, -0.25) is 0 Å². The van der Waals surface area contributed by atoms with Crippen molar-refractivity contribution in [2.45, 2.75) is 62.1 Å². The summed E-state index contributed by atoms with van der Waals surface area (Å²) in [6, 6.07) is 20.1. The second-order valence-corrected chi connectivity index (χ2v) is 14.6. The van der Waals surface area contributed by atoms with Gasteiger partial charge in [-0.05, 0) is 60.0 Å². The van der Waals surface area contributed by atoms with Crippen LogP contribution in [-0.2, 0) is 25.9 Å². The number of hydrogen-bond acceptors (Lipinski definition) is 7. The summed E-state index contributed by atoms with van der Waals surface area (Å²) in [5.41, 5.74) is 1.59. The van der Waals surface area contributed by atoms with Gasteiger partial charge in [-0.1, -0.05) is 58.0 Å². The van der Waals surface area contributed by atoms with Crippen LogP contribution in [0.1, 0.15) is 49.9 Å². The van der Waals surface area contributed by atoms with Crippen LogP contribution >= 0.6 is 11.8 Å². The minimum atomic E-state index is -1.40. The molecule has 40 heavy (non-hydrogen) atoms. The van der Waals surface area contributed by atoms with Crippen molar-refractivity contribution in [3.63, 3.8) is 0 Å². The average molecular weight is 582 g/mol. The zero-order valence-corrected chi connectivity index (χ0v) is 26.6. The van der Waals surface area contributed by atoms with E-state index in [1.807, 2.05) is 42.5 Å². The molecule has 2 atom stereocenters. The second-order valence-electron chi connectivity index (χ2n) is 11.6. The monoisotopic (exact) mass is 581 g/mol. The highest BCUT2D eigenvalue weighted by Gasteiger charge is 2.55. The van der Waals surface area contributed by atoms with Gasteiger partial charge < -0.3 is 28.5 Å². The fourth-order valence-corrected chi connectivity index (χ4v) is 7.13. The second kappa shape index (κ2) is 12.2. The van der Waals surface area contributed by atoms with E-state index in [9.17, 15) is 5.11 Å². The maximum Gasteiger partial charge on any atom is 0.274 e. The van der Waals surface area contributed by atoms with E-state index >= 15 is 0 Å². The van der Waals surface area contributed by atoms with Crippen molar-refractivity contribution in [1.82, 2.24) is 0 Å². The molecular formula is C32H41O6SSi. The molecule has 2 unspecified atom stereocenters. The van der Waals surface area contributed by atoms with E-state index in [0.29, 0.717) is 17.3 Å². The van der Waals surface area contributed by atoms with Gasteiger partial charge in [0.1, 0.15) is 22.8 Å². The third-order valence-electron chi connectivity index (χ3n) is 7.39. The zero-order valence-electron chi connectivity index (χ0n) is 24.8. The zero-order chi connectivity index (χ0) is 29.1. The fraction of sp³-hybridized carbons (Fsp3) is 0.438. The molecule has 3 aromatic carbocycles. The molecular weight excluding hydrogens is 540 g/mol. The van der Waals surface area contributed by atoms with Crippen molar-refractivity contribution in [2.24, 2.45) is 0 Å². The van der Waals surface area contributed by atoms with Gasteiger partial charge in [0, 0.05) is 41.4 Å². The summed E-state index contributed by atoms with van der Waals surface area (Å²) < 4.78 is 28.1. The number of aliphatic hydroxyl groups is 1. The first-order chi connectivity index (χ1) is 18.9. The van der Waals surface area contributed by atoms with Crippen molar-refractivity contribution in [3.8, 4) is 17.2 Å². The van der Waals surface area contributed by atoms with Gasteiger partial charge in [0.05, 0.1) is 0 Å². The molecule has 0 aromatic heterocycles. The summed E-state index contributed by atoms with van der Waals surface area (Å²) in [5, 5.41) is 13.2. The minimum absolute atomic E-state index is 0.0666. The van der Waals surface area contributed by atoms with E-state index in [-0.39, 0.29) is 19.0 Å². The summed E-state index contributed by atoms with van der Waals surface area (Å²) in [5.74, 6) is 2.78. The van der Waals surface area contributed by atoms with Crippen molar-refractivity contribution < 1.29 is 28.5 Å². The Labute approximate surface area is 244 Å². The highest BCUT2D eigenvalue weighted by Crippen LogP contribution is 2.58. The van der Waals surface area contributed by atoms with E-state index in [0.717, 1.165) is 32.9 Å². The largest absolute Gasteiger partial charge is 0.542 e. The molecule has 0 amide bonds. The SMILES string of the molecule is COCOc1ccc(C2(C)CSc3cc(OCOC)ccc3C2(O)c2ccc(C(C)(C)C)cc2O[Si](C)C)cc1. The first-order valence-corrected chi connectivity index (χ1v) is 16.8. The molecule has 0 spiro atoms. The van der Waals surface area contributed by atoms with Crippen LogP contribution in [0, 0.1) is 0 Å². The quantitative estimate of drug-likeness (QED) is 0.207. The van der Waals surface area contributed by atoms with Crippen LogP contribution in [0.2, 0.25) is 13.1 Å². The van der Waals surface area contributed by atoms with Crippen LogP contribution in [0.4, 0.5) is 0 Å². The van der Waals surface area contributed by atoms with Crippen molar-refractivity contribution in [2.75, 3.05) is 33.6 Å². The summed E-state index contributed by atoms with van der Waals surface area (Å²) in [7, 11) is 2.08. The smallest absolute Gasteiger partial charge is 0.274 e. The van der Waals surface area contributed by atoms with E-state index in [2.05, 4.69) is 59.0 Å². The lowest BCUT2D eigenvalue weighted by molar-refractivity contribution is 0.00417. The maximum absolute atomic E-state index is 13.2. The van der Waals surface area contributed by atoms with Crippen molar-refractivity contribution in [1.29, 1.82) is 0 Å². The van der Waals surface area contributed by atoms with Gasteiger partial charge in [-0.15, -0.1) is 11.8 Å². The Morgan fingerprint density at radius 1 is 0.850 bits per heavy atom. The minimum Gasteiger partial charge on any atom is -0.542 e. The number of thioether (sulfide) groups is 1. The summed E-state index contributed by atoms with van der Waals surface area (Å²) in [6.45, 7) is 13.3. The molecule has 0 saturated carbocycles. The molecule has 4 rings (SSSR count). The van der Waals surface area contributed by atoms with Gasteiger partial charge in [-0.25, -0.2) is 0 Å². The van der Waals surface area contributed by atoms with Crippen LogP contribution in [0.5, 0.6) is 17.2 Å². The Morgan fingerprint density at radius 3 is 2.05 bits per heavy atom.